The molecule has 0 heterocycles. The van der Waals surface area contributed by atoms with Crippen LogP contribution < -0.4 is 9.78 Å². The third kappa shape index (κ3) is 4.39. The third-order valence-electron chi connectivity index (χ3n) is 3.80. The number of carbonyl (C=O) groups excluding carboxylic acids is 1. The minimum absolute atomic E-state index is 0.0306. The van der Waals surface area contributed by atoms with E-state index in [9.17, 15) is 14.9 Å². The van der Waals surface area contributed by atoms with Crippen molar-refractivity contribution < 1.29 is 9.72 Å². The van der Waals surface area contributed by atoms with E-state index in [0.29, 0.717) is 10.9 Å². The van der Waals surface area contributed by atoms with Gasteiger partial charge < -0.3 is 0 Å². The van der Waals surface area contributed by atoms with Gasteiger partial charge in [-0.1, -0.05) is 0 Å². The molecule has 0 aliphatic heterocycles. The predicted octanol–water partition coefficient (Wildman–Crippen LogP) is 2.92. The first-order valence-corrected chi connectivity index (χ1v) is 10.0. The van der Waals surface area contributed by atoms with E-state index in [1.807, 2.05) is 44.2 Å². The number of nitro groups is 1. The van der Waals surface area contributed by atoms with E-state index in [1.165, 1.54) is 6.07 Å². The van der Waals surface area contributed by atoms with Crippen LogP contribution in [-0.4, -0.2) is 31.8 Å². The molecule has 26 heavy (non-hydrogen) atoms. The molecule has 6 heteroatoms. The monoisotopic (exact) mass is 418 g/mol. The molecule has 0 bridgehead atoms. The van der Waals surface area contributed by atoms with Gasteiger partial charge >= 0.3 is 160 Å². The molecule has 1 amide bonds. The second-order valence-electron chi connectivity index (χ2n) is 6.14. The van der Waals surface area contributed by atoms with Crippen LogP contribution >= 0.6 is 0 Å². The quantitative estimate of drug-likeness (QED) is 0.311. The minimum atomic E-state index is -0.896. The number of allylic oxidation sites excluding steroid dienone is 1. The molecule has 2 aromatic carbocycles. The number of hydrogen-bond acceptors (Lipinski definition) is 3. The van der Waals surface area contributed by atoms with Gasteiger partial charge in [-0.15, -0.1) is 0 Å². The van der Waals surface area contributed by atoms with Crippen molar-refractivity contribution in [2.75, 3.05) is 0 Å². The van der Waals surface area contributed by atoms with E-state index in [-0.39, 0.29) is 22.6 Å². The molecule has 0 fully saturated rings. The second kappa shape index (κ2) is 8.79. The summed E-state index contributed by atoms with van der Waals surface area (Å²) in [6.07, 6.45) is 2.12. The van der Waals surface area contributed by atoms with E-state index in [0.717, 1.165) is 5.56 Å². The number of hydrogen-bond donors (Lipinski definition) is 1. The fraction of sp³-hybridized carbons (Fsp3) is 0.250. The van der Waals surface area contributed by atoms with Gasteiger partial charge in [-0.2, -0.15) is 0 Å². The van der Waals surface area contributed by atoms with Crippen LogP contribution in [0.15, 0.2) is 67.3 Å². The van der Waals surface area contributed by atoms with Crippen molar-refractivity contribution in [3.8, 4) is 0 Å². The topological polar surface area (TPSA) is 72.2 Å². The van der Waals surface area contributed by atoms with Gasteiger partial charge in [0.05, 0.1) is 0 Å². The average molecular weight is 417 g/mol. The van der Waals surface area contributed by atoms with Crippen molar-refractivity contribution in [3.05, 3.63) is 82.9 Å². The Hall–Kier alpha value is -2.43. The second-order valence-corrected chi connectivity index (χ2v) is 8.95. The zero-order valence-electron chi connectivity index (χ0n) is 14.8. The zero-order valence-corrected chi connectivity index (χ0v) is 16.6. The maximum absolute atomic E-state index is 13.2. The number of para-hydroxylation sites is 1. The Labute approximate surface area is 159 Å². The molecule has 0 aliphatic rings. The summed E-state index contributed by atoms with van der Waals surface area (Å²) in [5.41, 5.74) is 0.894. The Morgan fingerprint density at radius 1 is 1.23 bits per heavy atom. The Balaban J connectivity index is 2.61. The average Bonchev–Trinajstić information content (AvgIpc) is 2.61. The number of carbonyl (C=O) groups is 1. The van der Waals surface area contributed by atoms with Gasteiger partial charge in [0.25, 0.3) is 0 Å². The van der Waals surface area contributed by atoms with Crippen LogP contribution in [0.25, 0.3) is 0 Å². The molecule has 136 valence electrons. The third-order valence-corrected chi connectivity index (χ3v) is 6.95. The van der Waals surface area contributed by atoms with Crippen LogP contribution in [0.4, 0.5) is 5.69 Å². The molecular formula is C20H22N2O3Se. The van der Waals surface area contributed by atoms with Crippen molar-refractivity contribution in [1.29, 1.82) is 0 Å². The van der Waals surface area contributed by atoms with Gasteiger partial charge in [-0.25, -0.2) is 0 Å². The number of nitro benzene ring substituents is 1. The Kier molecular flexibility index (Phi) is 6.72. The van der Waals surface area contributed by atoms with Gasteiger partial charge in [-0.3, -0.25) is 0 Å². The molecule has 0 radical (unpaired) electrons. The van der Waals surface area contributed by atoms with Crippen molar-refractivity contribution in [2.24, 2.45) is 0 Å². The molecule has 0 saturated heterocycles. The molecule has 1 atom stereocenters. The summed E-state index contributed by atoms with van der Waals surface area (Å²) in [5.74, 6) is -0.128. The van der Waals surface area contributed by atoms with Crippen molar-refractivity contribution in [1.82, 2.24) is 5.32 Å². The summed E-state index contributed by atoms with van der Waals surface area (Å²) in [4.78, 5) is 24.3. The fourth-order valence-corrected chi connectivity index (χ4v) is 5.55. The van der Waals surface area contributed by atoms with Gasteiger partial charge in [0, 0.05) is 0 Å². The molecule has 1 N–H and O–H groups in total. The Morgan fingerprint density at radius 3 is 2.42 bits per heavy atom. The van der Waals surface area contributed by atoms with Crippen LogP contribution in [-0.2, 0) is 9.11 Å². The Bertz CT molecular complexity index is 793. The maximum atomic E-state index is 13.2. The molecule has 0 saturated carbocycles. The standard InChI is InChI=1S/C20H22N2O3Se/c1-4-14-20(19(23)21-15(2)3,16-10-6-5-7-11-16)26-18-13-9-8-12-17(18)22(24)25/h4-13,15H,1,14H2,2-3H3,(H,21,23). The molecule has 0 aliphatic carbocycles. The molecule has 2 aromatic rings. The SMILES string of the molecule is C=CCC([Se]c1ccccc1[N+](=O)[O-])(C(=O)NC(C)C)c1ccccc1. The molecule has 2 rings (SSSR count). The molecule has 1 unspecified atom stereocenters. The molecule has 0 aromatic heterocycles. The van der Waals surface area contributed by atoms with Gasteiger partial charge in [0.1, 0.15) is 0 Å². The zero-order chi connectivity index (χ0) is 19.2. The summed E-state index contributed by atoms with van der Waals surface area (Å²) in [5, 5.41) is 14.4. The summed E-state index contributed by atoms with van der Waals surface area (Å²) < 4.78 is -0.304. The van der Waals surface area contributed by atoms with Gasteiger partial charge in [-0.05, 0) is 0 Å². The summed E-state index contributed by atoms with van der Waals surface area (Å²) in [6, 6.07) is 16.1. The fourth-order valence-electron chi connectivity index (χ4n) is 2.66. The first kappa shape index (κ1) is 19.9. The predicted molar refractivity (Wildman–Crippen MR) is 105 cm³/mol. The molecular weight excluding hydrogens is 395 g/mol. The van der Waals surface area contributed by atoms with Gasteiger partial charge in [0.15, 0.2) is 0 Å². The van der Waals surface area contributed by atoms with Crippen molar-refractivity contribution in [3.63, 3.8) is 0 Å². The van der Waals surface area contributed by atoms with Crippen LogP contribution in [0.5, 0.6) is 0 Å². The van der Waals surface area contributed by atoms with E-state index in [1.54, 1.807) is 24.3 Å². The van der Waals surface area contributed by atoms with Crippen LogP contribution in [0, 0.1) is 10.1 Å². The Morgan fingerprint density at radius 2 is 1.85 bits per heavy atom. The van der Waals surface area contributed by atoms with Crippen LogP contribution in [0.3, 0.4) is 0 Å². The number of rotatable bonds is 8. The van der Waals surface area contributed by atoms with Crippen LogP contribution in [0.1, 0.15) is 25.8 Å². The normalized spacial score (nSPS) is 13.0. The first-order valence-electron chi connectivity index (χ1n) is 8.30. The van der Waals surface area contributed by atoms with Gasteiger partial charge in [0.2, 0.25) is 0 Å². The van der Waals surface area contributed by atoms with E-state index >= 15 is 0 Å². The summed E-state index contributed by atoms with van der Waals surface area (Å²) >= 11 is -0.509. The number of amides is 1. The van der Waals surface area contributed by atoms with E-state index in [2.05, 4.69) is 11.9 Å². The number of nitrogens with zero attached hydrogens (tertiary/aromatic N) is 1. The molecule has 5 nitrogen and oxygen atoms in total. The van der Waals surface area contributed by atoms with E-state index < -0.39 is 19.3 Å². The number of benzene rings is 2. The van der Waals surface area contributed by atoms with Crippen LogP contribution in [0.2, 0.25) is 0 Å². The molecule has 0 spiro atoms. The number of nitrogens with one attached hydrogen (secondary N) is 1. The van der Waals surface area contributed by atoms with Crippen molar-refractivity contribution in [2.45, 2.75) is 30.6 Å². The van der Waals surface area contributed by atoms with Crippen molar-refractivity contribution >= 4 is 31.0 Å². The first-order chi connectivity index (χ1) is 12.4. The summed E-state index contributed by atoms with van der Waals surface area (Å²) in [7, 11) is 0. The van der Waals surface area contributed by atoms with E-state index in [4.69, 9.17) is 0 Å². The summed E-state index contributed by atoms with van der Waals surface area (Å²) in [6.45, 7) is 7.63.